The van der Waals surface area contributed by atoms with Crippen molar-refractivity contribution >= 4 is 38.3 Å². The summed E-state index contributed by atoms with van der Waals surface area (Å²) in [6.07, 6.45) is 0. The molecule has 2 aromatic carbocycles. The van der Waals surface area contributed by atoms with E-state index in [1.807, 2.05) is 0 Å². The summed E-state index contributed by atoms with van der Waals surface area (Å²) in [6.45, 7) is 0. The zero-order valence-corrected chi connectivity index (χ0v) is 12.1. The maximum Gasteiger partial charge on any atom is 0.282 e. The minimum atomic E-state index is -0.845. The van der Waals surface area contributed by atoms with Gasteiger partial charge in [0.2, 0.25) is 0 Å². The Kier molecular flexibility index (Phi) is 3.70. The lowest BCUT2D eigenvalue weighted by molar-refractivity contribution is -0.385. The Bertz CT molecular complexity index is 942. The van der Waals surface area contributed by atoms with Gasteiger partial charge in [0.15, 0.2) is 10.9 Å². The molecule has 3 rings (SSSR count). The highest BCUT2D eigenvalue weighted by molar-refractivity contribution is 7.22. The summed E-state index contributed by atoms with van der Waals surface area (Å²) >= 11 is 0.870. The summed E-state index contributed by atoms with van der Waals surface area (Å²) < 4.78 is 27.0. The minimum Gasteiger partial charge on any atom is -0.298 e. The van der Waals surface area contributed by atoms with Gasteiger partial charge in [-0.3, -0.25) is 20.2 Å². The monoisotopic (exact) mass is 335 g/mol. The fourth-order valence-electron chi connectivity index (χ4n) is 2.00. The molecule has 6 nitrogen and oxygen atoms in total. The van der Waals surface area contributed by atoms with Gasteiger partial charge < -0.3 is 0 Å². The van der Waals surface area contributed by atoms with E-state index in [2.05, 4.69) is 10.3 Å². The first-order valence-electron chi connectivity index (χ1n) is 6.26. The third-order valence-corrected chi connectivity index (χ3v) is 3.90. The number of nitrogens with one attached hydrogen (secondary N) is 1. The number of carbonyl (C=O) groups excluding carboxylic acids is 1. The van der Waals surface area contributed by atoms with Crippen molar-refractivity contribution in [2.45, 2.75) is 0 Å². The minimum absolute atomic E-state index is 0.0210. The Morgan fingerprint density at radius 3 is 2.74 bits per heavy atom. The lowest BCUT2D eigenvalue weighted by atomic mass is 10.1. The van der Waals surface area contributed by atoms with Crippen LogP contribution in [0.3, 0.4) is 0 Å². The molecule has 0 aliphatic heterocycles. The molecule has 0 spiro atoms. The lowest BCUT2D eigenvalue weighted by Gasteiger charge is -2.02. The third-order valence-electron chi connectivity index (χ3n) is 2.98. The standard InChI is InChI=1S/C14H7F2N3O3S/c15-7-5-9(16)12-11(6-7)23-14(17-12)18-13(20)8-3-1-2-4-10(8)19(21)22/h1-6H,(H,17,18,20). The van der Waals surface area contributed by atoms with Gasteiger partial charge in [-0.15, -0.1) is 0 Å². The number of hydrogen-bond donors (Lipinski definition) is 1. The van der Waals surface area contributed by atoms with Crippen LogP contribution in [0.1, 0.15) is 10.4 Å². The van der Waals surface area contributed by atoms with Crippen LogP contribution in [0.2, 0.25) is 0 Å². The van der Waals surface area contributed by atoms with Crippen molar-refractivity contribution < 1.29 is 18.5 Å². The van der Waals surface area contributed by atoms with Crippen LogP contribution in [-0.4, -0.2) is 15.8 Å². The zero-order chi connectivity index (χ0) is 16.6. The van der Waals surface area contributed by atoms with Crippen LogP contribution in [0.15, 0.2) is 36.4 Å². The summed E-state index contributed by atoms with van der Waals surface area (Å²) in [6, 6.07) is 7.19. The van der Waals surface area contributed by atoms with E-state index in [9.17, 15) is 23.7 Å². The first-order valence-corrected chi connectivity index (χ1v) is 7.07. The number of para-hydroxylation sites is 1. The predicted octanol–water partition coefficient (Wildman–Crippen LogP) is 3.74. The van der Waals surface area contributed by atoms with Gasteiger partial charge in [0.25, 0.3) is 11.6 Å². The molecule has 0 radical (unpaired) electrons. The first-order chi connectivity index (χ1) is 11.0. The first kappa shape index (κ1) is 15.0. The van der Waals surface area contributed by atoms with Gasteiger partial charge in [0.1, 0.15) is 16.9 Å². The fourth-order valence-corrected chi connectivity index (χ4v) is 2.90. The number of anilines is 1. The van der Waals surface area contributed by atoms with Crippen molar-refractivity contribution in [2.75, 3.05) is 5.32 Å². The number of nitro benzene ring substituents is 1. The van der Waals surface area contributed by atoms with E-state index in [4.69, 9.17) is 0 Å². The molecule has 9 heteroatoms. The van der Waals surface area contributed by atoms with Gasteiger partial charge in [-0.05, 0) is 12.1 Å². The Morgan fingerprint density at radius 1 is 1.26 bits per heavy atom. The van der Waals surface area contributed by atoms with Crippen molar-refractivity contribution in [3.63, 3.8) is 0 Å². The van der Waals surface area contributed by atoms with E-state index in [0.717, 1.165) is 17.4 Å². The van der Waals surface area contributed by atoms with Gasteiger partial charge in [0, 0.05) is 12.1 Å². The van der Waals surface area contributed by atoms with E-state index in [-0.39, 0.29) is 26.6 Å². The number of nitrogens with zero attached hydrogens (tertiary/aromatic N) is 2. The summed E-state index contributed by atoms with van der Waals surface area (Å²) in [5.41, 5.74) is -0.582. The number of halogens is 2. The van der Waals surface area contributed by atoms with E-state index in [1.165, 1.54) is 24.3 Å². The average Bonchev–Trinajstić information content (AvgIpc) is 2.89. The average molecular weight is 335 g/mol. The molecule has 0 fully saturated rings. The molecule has 0 saturated heterocycles. The summed E-state index contributed by atoms with van der Waals surface area (Å²) in [5.74, 6) is -2.35. The van der Waals surface area contributed by atoms with Crippen molar-refractivity contribution in [1.82, 2.24) is 4.98 Å². The van der Waals surface area contributed by atoms with E-state index < -0.39 is 22.5 Å². The molecule has 0 saturated carbocycles. The van der Waals surface area contributed by atoms with E-state index in [1.54, 1.807) is 0 Å². The molecule has 0 aliphatic rings. The third kappa shape index (κ3) is 2.86. The molecular weight excluding hydrogens is 328 g/mol. The molecule has 23 heavy (non-hydrogen) atoms. The molecule has 1 heterocycles. The Hall–Kier alpha value is -2.94. The highest BCUT2D eigenvalue weighted by Crippen LogP contribution is 2.29. The second-order valence-electron chi connectivity index (χ2n) is 4.48. The smallest absolute Gasteiger partial charge is 0.282 e. The van der Waals surface area contributed by atoms with Gasteiger partial charge >= 0.3 is 0 Å². The van der Waals surface area contributed by atoms with Crippen molar-refractivity contribution in [3.05, 3.63) is 63.7 Å². The summed E-state index contributed by atoms with van der Waals surface area (Å²) in [4.78, 5) is 26.3. The molecule has 1 aromatic heterocycles. The van der Waals surface area contributed by atoms with Crippen LogP contribution < -0.4 is 5.32 Å². The molecule has 0 bridgehead atoms. The van der Waals surface area contributed by atoms with Gasteiger partial charge in [-0.1, -0.05) is 23.5 Å². The number of aromatic nitrogens is 1. The predicted molar refractivity (Wildman–Crippen MR) is 80.6 cm³/mol. The SMILES string of the molecule is O=C(Nc1nc2c(F)cc(F)cc2s1)c1ccccc1[N+](=O)[O-]. The lowest BCUT2D eigenvalue weighted by Crippen LogP contribution is -2.13. The largest absolute Gasteiger partial charge is 0.298 e. The number of nitro groups is 1. The molecule has 1 amide bonds. The maximum atomic E-state index is 13.6. The summed E-state index contributed by atoms with van der Waals surface area (Å²) in [5, 5.41) is 13.3. The number of carbonyl (C=O) groups is 1. The summed E-state index contributed by atoms with van der Waals surface area (Å²) in [7, 11) is 0. The molecule has 0 atom stereocenters. The van der Waals surface area contributed by atoms with Crippen molar-refractivity contribution in [1.29, 1.82) is 0 Å². The molecular formula is C14H7F2N3O3S. The second kappa shape index (κ2) is 5.69. The fraction of sp³-hybridized carbons (Fsp3) is 0. The topological polar surface area (TPSA) is 85.1 Å². The number of benzene rings is 2. The van der Waals surface area contributed by atoms with Crippen molar-refractivity contribution in [2.24, 2.45) is 0 Å². The molecule has 0 aliphatic carbocycles. The quantitative estimate of drug-likeness (QED) is 0.584. The van der Waals surface area contributed by atoms with Crippen LogP contribution in [0.5, 0.6) is 0 Å². The maximum absolute atomic E-state index is 13.6. The Labute approximate surface area is 131 Å². The van der Waals surface area contributed by atoms with Crippen LogP contribution in [0, 0.1) is 21.7 Å². The molecule has 0 unspecified atom stereocenters. The normalized spacial score (nSPS) is 10.7. The number of rotatable bonds is 3. The van der Waals surface area contributed by atoms with Crippen molar-refractivity contribution in [3.8, 4) is 0 Å². The molecule has 3 aromatic rings. The number of amides is 1. The van der Waals surface area contributed by atoms with Gasteiger partial charge in [0.05, 0.1) is 9.62 Å². The highest BCUT2D eigenvalue weighted by atomic mass is 32.1. The van der Waals surface area contributed by atoms with E-state index >= 15 is 0 Å². The van der Waals surface area contributed by atoms with Crippen LogP contribution in [0.25, 0.3) is 10.2 Å². The van der Waals surface area contributed by atoms with Crippen LogP contribution in [-0.2, 0) is 0 Å². The van der Waals surface area contributed by atoms with Crippen LogP contribution >= 0.6 is 11.3 Å². The molecule has 1 N–H and O–H groups in total. The zero-order valence-electron chi connectivity index (χ0n) is 11.2. The van der Waals surface area contributed by atoms with Gasteiger partial charge in [-0.2, -0.15) is 0 Å². The number of fused-ring (bicyclic) bond motifs is 1. The van der Waals surface area contributed by atoms with Gasteiger partial charge in [-0.25, -0.2) is 13.8 Å². The molecule has 116 valence electrons. The Morgan fingerprint density at radius 2 is 2.00 bits per heavy atom. The van der Waals surface area contributed by atoms with Crippen LogP contribution in [0.4, 0.5) is 19.6 Å². The Balaban J connectivity index is 1.95. The second-order valence-corrected chi connectivity index (χ2v) is 5.51. The number of hydrogen-bond acceptors (Lipinski definition) is 5. The number of thiazole rings is 1. The highest BCUT2D eigenvalue weighted by Gasteiger charge is 2.20. The van der Waals surface area contributed by atoms with E-state index in [0.29, 0.717) is 6.07 Å².